The summed E-state index contributed by atoms with van der Waals surface area (Å²) in [5.74, 6) is 1.33. The Morgan fingerprint density at radius 3 is 2.17 bits per heavy atom. The summed E-state index contributed by atoms with van der Waals surface area (Å²) < 4.78 is 11.2. The maximum Gasteiger partial charge on any atom is 0.410 e. The van der Waals surface area contributed by atoms with Crippen molar-refractivity contribution in [2.45, 2.75) is 52.7 Å². The molecule has 1 fully saturated rings. The highest BCUT2D eigenvalue weighted by atomic mass is 16.6. The van der Waals surface area contributed by atoms with Crippen molar-refractivity contribution in [2.24, 2.45) is 5.92 Å². The summed E-state index contributed by atoms with van der Waals surface area (Å²) in [5.41, 5.74) is 0.440. The van der Waals surface area contributed by atoms with Gasteiger partial charge in [-0.2, -0.15) is 0 Å². The van der Waals surface area contributed by atoms with Crippen molar-refractivity contribution >= 4 is 11.8 Å². The Labute approximate surface area is 145 Å². The van der Waals surface area contributed by atoms with Gasteiger partial charge in [0.1, 0.15) is 17.0 Å². The van der Waals surface area contributed by atoms with Gasteiger partial charge in [0.2, 0.25) is 0 Å². The van der Waals surface area contributed by atoms with Crippen LogP contribution in [0.15, 0.2) is 24.3 Å². The number of hydrogen-bond acceptors (Lipinski definition) is 4. The van der Waals surface area contributed by atoms with Crippen LogP contribution in [0.25, 0.3) is 0 Å². The lowest BCUT2D eigenvalue weighted by Crippen LogP contribution is -2.53. The lowest BCUT2D eigenvalue weighted by atomic mass is 10.0. The van der Waals surface area contributed by atoms with Gasteiger partial charge in [-0.3, -0.25) is 0 Å². The first-order valence-corrected chi connectivity index (χ1v) is 8.53. The molecule has 0 atom stereocenters. The second kappa shape index (κ2) is 6.91. The predicted octanol–water partition coefficient (Wildman–Crippen LogP) is 4.14. The van der Waals surface area contributed by atoms with E-state index in [1.165, 1.54) is 0 Å². The fourth-order valence-electron chi connectivity index (χ4n) is 2.43. The average Bonchev–Trinajstić information content (AvgIpc) is 2.34. The van der Waals surface area contributed by atoms with Gasteiger partial charge < -0.3 is 19.7 Å². The minimum Gasteiger partial charge on any atom is -0.488 e. The summed E-state index contributed by atoms with van der Waals surface area (Å²) in [7, 11) is 0. The summed E-state index contributed by atoms with van der Waals surface area (Å²) >= 11 is 0. The molecule has 0 spiro atoms. The van der Waals surface area contributed by atoms with Crippen LogP contribution in [0.5, 0.6) is 5.75 Å². The molecule has 5 nitrogen and oxygen atoms in total. The van der Waals surface area contributed by atoms with Gasteiger partial charge in [-0.25, -0.2) is 4.79 Å². The molecule has 1 aromatic carbocycles. The maximum absolute atomic E-state index is 11.9. The van der Waals surface area contributed by atoms with Crippen molar-refractivity contribution in [1.82, 2.24) is 4.90 Å². The van der Waals surface area contributed by atoms with Gasteiger partial charge in [0.15, 0.2) is 0 Å². The molecule has 1 aliphatic rings. The quantitative estimate of drug-likeness (QED) is 0.899. The molecule has 0 aliphatic carbocycles. The van der Waals surface area contributed by atoms with Gasteiger partial charge in [0, 0.05) is 31.2 Å². The highest BCUT2D eigenvalue weighted by Gasteiger charge is 2.33. The van der Waals surface area contributed by atoms with Crippen molar-refractivity contribution in [2.75, 3.05) is 25.0 Å². The zero-order valence-corrected chi connectivity index (χ0v) is 15.7. The first-order valence-electron chi connectivity index (χ1n) is 8.53. The van der Waals surface area contributed by atoms with E-state index in [1.54, 1.807) is 4.90 Å². The smallest absolute Gasteiger partial charge is 0.410 e. The topological polar surface area (TPSA) is 50.8 Å². The number of carbonyl (C=O) groups excluding carboxylic acids is 1. The molecule has 2 rings (SSSR count). The number of nitrogens with zero attached hydrogens (tertiary/aromatic N) is 1. The van der Waals surface area contributed by atoms with Gasteiger partial charge in [0.05, 0.1) is 0 Å². The fourth-order valence-corrected chi connectivity index (χ4v) is 2.43. The average molecular weight is 334 g/mol. The highest BCUT2D eigenvalue weighted by Crippen LogP contribution is 2.23. The summed E-state index contributed by atoms with van der Waals surface area (Å²) in [4.78, 5) is 13.6. The van der Waals surface area contributed by atoms with Crippen LogP contribution in [0.4, 0.5) is 10.5 Å². The molecule has 0 bridgehead atoms. The van der Waals surface area contributed by atoms with Crippen LogP contribution in [-0.2, 0) is 4.74 Å². The van der Waals surface area contributed by atoms with E-state index in [4.69, 9.17) is 9.47 Å². The van der Waals surface area contributed by atoms with E-state index in [0.717, 1.165) is 31.1 Å². The normalized spacial score (nSPS) is 15.7. The third-order valence-corrected chi connectivity index (χ3v) is 3.48. The molecular weight excluding hydrogens is 304 g/mol. The standard InChI is InChI=1S/C19H30N2O3/c1-18(2,3)23-16-9-7-15(8-10-16)20-11-14-12-21(13-14)17(22)24-19(4,5)6/h7-10,14,20H,11-13H2,1-6H3. The highest BCUT2D eigenvalue weighted by molar-refractivity contribution is 5.69. The molecule has 1 amide bonds. The van der Waals surface area contributed by atoms with E-state index in [-0.39, 0.29) is 11.7 Å². The van der Waals surface area contributed by atoms with Crippen molar-refractivity contribution in [1.29, 1.82) is 0 Å². The second-order valence-electron chi connectivity index (χ2n) is 8.37. The van der Waals surface area contributed by atoms with E-state index in [0.29, 0.717) is 5.92 Å². The second-order valence-corrected chi connectivity index (χ2v) is 8.37. The Hall–Kier alpha value is -1.91. The zero-order valence-electron chi connectivity index (χ0n) is 15.7. The van der Waals surface area contributed by atoms with Gasteiger partial charge >= 0.3 is 6.09 Å². The lowest BCUT2D eigenvalue weighted by Gasteiger charge is -2.40. The van der Waals surface area contributed by atoms with Crippen LogP contribution in [0.3, 0.4) is 0 Å². The number of carbonyl (C=O) groups is 1. The minimum absolute atomic E-state index is 0.188. The van der Waals surface area contributed by atoms with E-state index in [9.17, 15) is 4.79 Å². The fraction of sp³-hybridized carbons (Fsp3) is 0.632. The van der Waals surface area contributed by atoms with Gasteiger partial charge in [-0.15, -0.1) is 0 Å². The number of hydrogen-bond donors (Lipinski definition) is 1. The minimum atomic E-state index is -0.433. The summed E-state index contributed by atoms with van der Waals surface area (Å²) in [6.07, 6.45) is -0.220. The largest absolute Gasteiger partial charge is 0.488 e. The SMILES string of the molecule is CC(C)(C)OC(=O)N1CC(CNc2ccc(OC(C)(C)C)cc2)C1. The summed E-state index contributed by atoms with van der Waals surface area (Å²) in [5, 5.41) is 3.41. The van der Waals surface area contributed by atoms with Gasteiger partial charge in [0.25, 0.3) is 0 Å². The monoisotopic (exact) mass is 334 g/mol. The number of nitrogens with one attached hydrogen (secondary N) is 1. The Bertz CT molecular complexity index is 549. The van der Waals surface area contributed by atoms with Crippen LogP contribution < -0.4 is 10.1 Å². The maximum atomic E-state index is 11.9. The van der Waals surface area contributed by atoms with Crippen molar-refractivity contribution in [3.8, 4) is 5.75 Å². The number of benzene rings is 1. The molecular formula is C19H30N2O3. The summed E-state index contributed by atoms with van der Waals surface area (Å²) in [6, 6.07) is 7.99. The first-order chi connectivity index (χ1) is 11.0. The van der Waals surface area contributed by atoms with Crippen molar-refractivity contribution < 1.29 is 14.3 Å². The first kappa shape index (κ1) is 18.4. The molecule has 1 heterocycles. The van der Waals surface area contributed by atoms with Crippen LogP contribution in [0.2, 0.25) is 0 Å². The third kappa shape index (κ3) is 5.95. The van der Waals surface area contributed by atoms with Gasteiger partial charge in [-0.1, -0.05) is 0 Å². The molecule has 1 saturated heterocycles. The van der Waals surface area contributed by atoms with Crippen molar-refractivity contribution in [3.63, 3.8) is 0 Å². The molecule has 5 heteroatoms. The number of rotatable bonds is 4. The summed E-state index contributed by atoms with van der Waals surface area (Å²) in [6.45, 7) is 14.1. The predicted molar refractivity (Wildman–Crippen MR) is 96.6 cm³/mol. The number of ether oxygens (including phenoxy) is 2. The molecule has 1 N–H and O–H groups in total. The van der Waals surface area contributed by atoms with Crippen LogP contribution in [-0.4, -0.2) is 41.8 Å². The number of anilines is 1. The Morgan fingerprint density at radius 1 is 1.08 bits per heavy atom. The lowest BCUT2D eigenvalue weighted by molar-refractivity contribution is 0.000841. The molecule has 134 valence electrons. The van der Waals surface area contributed by atoms with Crippen LogP contribution in [0, 0.1) is 5.92 Å². The molecule has 0 aromatic heterocycles. The Balaban J connectivity index is 1.71. The molecule has 1 aromatic rings. The van der Waals surface area contributed by atoms with Crippen LogP contribution >= 0.6 is 0 Å². The molecule has 1 aliphatic heterocycles. The van der Waals surface area contributed by atoms with Crippen molar-refractivity contribution in [3.05, 3.63) is 24.3 Å². The van der Waals surface area contributed by atoms with E-state index >= 15 is 0 Å². The van der Waals surface area contributed by atoms with E-state index in [1.807, 2.05) is 65.8 Å². The number of likely N-dealkylation sites (tertiary alicyclic amines) is 1. The molecule has 0 saturated carbocycles. The molecule has 0 radical (unpaired) electrons. The Morgan fingerprint density at radius 2 is 1.67 bits per heavy atom. The molecule has 0 unspecified atom stereocenters. The number of amides is 1. The van der Waals surface area contributed by atoms with Gasteiger partial charge in [-0.05, 0) is 65.8 Å². The van der Waals surface area contributed by atoms with Crippen LogP contribution in [0.1, 0.15) is 41.5 Å². The Kier molecular flexibility index (Phi) is 5.31. The van der Waals surface area contributed by atoms with E-state index in [2.05, 4.69) is 5.32 Å². The zero-order chi connectivity index (χ0) is 18.0. The molecule has 24 heavy (non-hydrogen) atoms. The third-order valence-electron chi connectivity index (χ3n) is 3.48. The van der Waals surface area contributed by atoms with E-state index < -0.39 is 5.60 Å².